The Morgan fingerprint density at radius 3 is 1.45 bits per heavy atom. The number of unbranched alkanes of at least 4 members (excludes halogenated alkanes) is 10. The number of ether oxygens (including phenoxy) is 1. The third-order valence-electron chi connectivity index (χ3n) is 3.26. The highest BCUT2D eigenvalue weighted by molar-refractivity contribution is 5.66. The highest BCUT2D eigenvalue weighted by Gasteiger charge is 1.97. The Kier molecular flexibility index (Phi) is 13.3. The summed E-state index contributed by atoms with van der Waals surface area (Å²) in [6.07, 6.45) is 11.2. The van der Waals surface area contributed by atoms with Crippen LogP contribution in [0.5, 0.6) is 0 Å². The van der Waals surface area contributed by atoms with Crippen molar-refractivity contribution in [3.63, 3.8) is 0 Å². The second kappa shape index (κ2) is 14.2. The van der Waals surface area contributed by atoms with Gasteiger partial charge in [0.15, 0.2) is 0 Å². The van der Waals surface area contributed by atoms with E-state index in [-0.39, 0.29) is 0 Å². The van der Waals surface area contributed by atoms with E-state index < -0.39 is 12.1 Å². The zero-order valence-corrected chi connectivity index (χ0v) is 12.3. The van der Waals surface area contributed by atoms with Crippen molar-refractivity contribution in [3.8, 4) is 0 Å². The largest absolute Gasteiger partial charge is 0.505 e. The summed E-state index contributed by atoms with van der Waals surface area (Å²) in [6.45, 7) is 0.311. The fourth-order valence-electron chi connectivity index (χ4n) is 2.13. The van der Waals surface area contributed by atoms with Gasteiger partial charge < -0.3 is 14.9 Å². The molecule has 0 rings (SSSR count). The number of aliphatic carboxylic acids is 1. The van der Waals surface area contributed by atoms with Crippen LogP contribution in [0.25, 0.3) is 0 Å². The molecule has 0 aliphatic rings. The van der Waals surface area contributed by atoms with Crippen LogP contribution in [-0.4, -0.2) is 28.9 Å². The highest BCUT2D eigenvalue weighted by Crippen LogP contribution is 2.12. The zero-order valence-electron chi connectivity index (χ0n) is 12.3. The average molecular weight is 288 g/mol. The van der Waals surface area contributed by atoms with E-state index >= 15 is 0 Å². The van der Waals surface area contributed by atoms with Gasteiger partial charge in [-0.2, -0.15) is 0 Å². The van der Waals surface area contributed by atoms with Crippen LogP contribution in [0.3, 0.4) is 0 Å². The fourth-order valence-corrected chi connectivity index (χ4v) is 2.13. The molecule has 0 aliphatic heterocycles. The minimum atomic E-state index is -1.19. The number of carboxylic acid groups (broad SMARTS) is 2. The van der Waals surface area contributed by atoms with E-state index in [0.29, 0.717) is 13.0 Å². The number of hydrogen-bond acceptors (Lipinski definition) is 3. The van der Waals surface area contributed by atoms with E-state index in [1.807, 2.05) is 0 Å². The summed E-state index contributed by atoms with van der Waals surface area (Å²) < 4.78 is 4.43. The second-order valence-corrected chi connectivity index (χ2v) is 5.15. The van der Waals surface area contributed by atoms with Crippen LogP contribution in [0, 0.1) is 0 Å². The highest BCUT2D eigenvalue weighted by atomic mass is 16.7. The molecule has 0 aliphatic carbocycles. The molecule has 0 aromatic heterocycles. The lowest BCUT2D eigenvalue weighted by molar-refractivity contribution is -0.137. The van der Waals surface area contributed by atoms with Crippen molar-refractivity contribution in [3.05, 3.63) is 0 Å². The number of carboxylic acids is 1. The Morgan fingerprint density at radius 1 is 0.650 bits per heavy atom. The van der Waals surface area contributed by atoms with E-state index in [1.165, 1.54) is 32.1 Å². The first kappa shape index (κ1) is 18.7. The maximum Gasteiger partial charge on any atom is 0.505 e. The van der Waals surface area contributed by atoms with Gasteiger partial charge in [-0.25, -0.2) is 4.79 Å². The molecule has 0 saturated carbocycles. The lowest BCUT2D eigenvalue weighted by Crippen LogP contribution is -2.01. The summed E-state index contributed by atoms with van der Waals surface area (Å²) in [5, 5.41) is 16.7. The lowest BCUT2D eigenvalue weighted by atomic mass is 10.1. The summed E-state index contributed by atoms with van der Waals surface area (Å²) >= 11 is 0. The molecule has 0 fully saturated rings. The van der Waals surface area contributed by atoms with Crippen LogP contribution in [0.2, 0.25) is 0 Å². The lowest BCUT2D eigenvalue weighted by Gasteiger charge is -2.03. The fraction of sp³-hybridized carbons (Fsp3) is 0.867. The average Bonchev–Trinajstić information content (AvgIpc) is 2.38. The van der Waals surface area contributed by atoms with Crippen LogP contribution in [-0.2, 0) is 9.53 Å². The Labute approximate surface area is 121 Å². The normalized spacial score (nSPS) is 10.4. The van der Waals surface area contributed by atoms with Crippen molar-refractivity contribution < 1.29 is 24.5 Å². The van der Waals surface area contributed by atoms with Crippen LogP contribution in [0.1, 0.15) is 77.0 Å². The number of rotatable bonds is 14. The third-order valence-corrected chi connectivity index (χ3v) is 3.26. The van der Waals surface area contributed by atoms with E-state index in [9.17, 15) is 9.59 Å². The molecule has 0 unspecified atom stereocenters. The van der Waals surface area contributed by atoms with Crippen molar-refractivity contribution in [2.45, 2.75) is 77.0 Å². The van der Waals surface area contributed by atoms with Gasteiger partial charge in [0.2, 0.25) is 0 Å². The van der Waals surface area contributed by atoms with Gasteiger partial charge in [-0.05, 0) is 12.8 Å². The van der Waals surface area contributed by atoms with E-state index in [2.05, 4.69) is 4.74 Å². The quantitative estimate of drug-likeness (QED) is 0.364. The standard InChI is InChI=1S/C15H28O5/c16-14(17)12-10-8-6-4-2-1-3-5-7-9-11-13-20-15(18)19/h1-13H2,(H,16,17)(H,18,19). The summed E-state index contributed by atoms with van der Waals surface area (Å²) in [5.41, 5.74) is 0. The minimum Gasteiger partial charge on any atom is -0.481 e. The van der Waals surface area contributed by atoms with Gasteiger partial charge in [0.25, 0.3) is 0 Å². The summed E-state index contributed by atoms with van der Waals surface area (Å²) in [7, 11) is 0. The maximum atomic E-state index is 10.3. The van der Waals surface area contributed by atoms with Gasteiger partial charge in [0.05, 0.1) is 6.61 Å². The molecule has 20 heavy (non-hydrogen) atoms. The van der Waals surface area contributed by atoms with Gasteiger partial charge in [-0.1, -0.05) is 57.8 Å². The molecule has 2 N–H and O–H groups in total. The Morgan fingerprint density at radius 2 is 1.05 bits per heavy atom. The summed E-state index contributed by atoms with van der Waals surface area (Å²) in [6, 6.07) is 0. The Hall–Kier alpha value is -1.26. The molecule has 0 aromatic carbocycles. The summed E-state index contributed by atoms with van der Waals surface area (Å²) in [5.74, 6) is -0.696. The second-order valence-electron chi connectivity index (χ2n) is 5.15. The van der Waals surface area contributed by atoms with Crippen LogP contribution in [0.4, 0.5) is 4.79 Å². The van der Waals surface area contributed by atoms with Crippen molar-refractivity contribution in [2.24, 2.45) is 0 Å². The maximum absolute atomic E-state index is 10.3. The number of carbonyl (C=O) groups is 2. The smallest absolute Gasteiger partial charge is 0.481 e. The van der Waals surface area contributed by atoms with Crippen LogP contribution in [0.15, 0.2) is 0 Å². The predicted octanol–water partition coefficient (Wildman–Crippen LogP) is 4.45. The SMILES string of the molecule is O=C(O)CCCCCCCCCCCCCOC(=O)O. The Bertz CT molecular complexity index is 227. The minimum absolute atomic E-state index is 0.297. The topological polar surface area (TPSA) is 83.8 Å². The van der Waals surface area contributed by atoms with Crippen LogP contribution < -0.4 is 0 Å². The first-order chi connectivity index (χ1) is 9.63. The molecule has 0 heterocycles. The molecule has 118 valence electrons. The van der Waals surface area contributed by atoms with Gasteiger partial charge in [-0.15, -0.1) is 0 Å². The van der Waals surface area contributed by atoms with Gasteiger partial charge in [0, 0.05) is 6.42 Å². The summed E-state index contributed by atoms with van der Waals surface area (Å²) in [4.78, 5) is 20.4. The molecule has 0 atom stereocenters. The molecule has 0 radical (unpaired) electrons. The molecule has 0 spiro atoms. The predicted molar refractivity (Wildman–Crippen MR) is 77.0 cm³/mol. The first-order valence-electron chi connectivity index (χ1n) is 7.70. The van der Waals surface area contributed by atoms with Crippen molar-refractivity contribution in [2.75, 3.05) is 6.61 Å². The molecule has 5 nitrogen and oxygen atoms in total. The molecule has 0 aromatic rings. The molecule has 0 bridgehead atoms. The molecule has 0 amide bonds. The Balaban J connectivity index is 2.99. The van der Waals surface area contributed by atoms with Gasteiger partial charge >= 0.3 is 12.1 Å². The van der Waals surface area contributed by atoms with E-state index in [1.54, 1.807) is 0 Å². The monoisotopic (exact) mass is 288 g/mol. The van der Waals surface area contributed by atoms with Crippen molar-refractivity contribution in [1.82, 2.24) is 0 Å². The van der Waals surface area contributed by atoms with Gasteiger partial charge in [0.1, 0.15) is 0 Å². The number of hydrogen-bond donors (Lipinski definition) is 2. The third kappa shape index (κ3) is 16.7. The van der Waals surface area contributed by atoms with Gasteiger partial charge in [-0.3, -0.25) is 4.79 Å². The van der Waals surface area contributed by atoms with Crippen LogP contribution >= 0.6 is 0 Å². The molecular formula is C15H28O5. The molecule has 0 saturated heterocycles. The molecule has 5 heteroatoms. The van der Waals surface area contributed by atoms with E-state index in [0.717, 1.165) is 38.5 Å². The first-order valence-corrected chi connectivity index (χ1v) is 7.70. The molecular weight excluding hydrogens is 260 g/mol. The van der Waals surface area contributed by atoms with Crippen molar-refractivity contribution in [1.29, 1.82) is 0 Å². The van der Waals surface area contributed by atoms with Crippen molar-refractivity contribution >= 4 is 12.1 Å². The zero-order chi connectivity index (χ0) is 15.1. The van der Waals surface area contributed by atoms with E-state index in [4.69, 9.17) is 10.2 Å².